The molecule has 2 N–H and O–H groups in total. The van der Waals surface area contributed by atoms with E-state index in [1.165, 1.54) is 16.9 Å². The van der Waals surface area contributed by atoms with E-state index in [4.69, 9.17) is 4.74 Å². The molecule has 0 radical (unpaired) electrons. The molecule has 0 saturated carbocycles. The van der Waals surface area contributed by atoms with E-state index in [2.05, 4.69) is 26.7 Å². The first-order valence-electron chi connectivity index (χ1n) is 10.5. The van der Waals surface area contributed by atoms with Crippen LogP contribution in [0.3, 0.4) is 0 Å². The summed E-state index contributed by atoms with van der Waals surface area (Å²) < 4.78 is 17.1. The molecule has 0 spiro atoms. The Kier molecular flexibility index (Phi) is 7.08. The monoisotopic (exact) mass is 447 g/mol. The molecule has 166 valence electrons. The van der Waals surface area contributed by atoms with Gasteiger partial charge in [0.15, 0.2) is 0 Å². The summed E-state index contributed by atoms with van der Waals surface area (Å²) in [6.45, 7) is 1.38. The predicted molar refractivity (Wildman–Crippen MR) is 115 cm³/mol. The first-order chi connectivity index (χ1) is 15.1. The SMILES string of the molecule is O=C(NCc1nc(-c2cnc3c(c2)CCN3)cs1)[C@H]1CCCN(C(=O)COCCF)C1. The summed E-state index contributed by atoms with van der Waals surface area (Å²) in [5, 5.41) is 9.00. The number of piperidine rings is 1. The van der Waals surface area contributed by atoms with Crippen molar-refractivity contribution in [3.63, 3.8) is 0 Å². The number of nitrogens with one attached hydrogen (secondary N) is 2. The van der Waals surface area contributed by atoms with Crippen molar-refractivity contribution in [3.05, 3.63) is 28.2 Å². The molecule has 1 saturated heterocycles. The van der Waals surface area contributed by atoms with Crippen LogP contribution in [0, 0.1) is 5.92 Å². The number of fused-ring (bicyclic) bond motifs is 1. The number of anilines is 1. The van der Waals surface area contributed by atoms with E-state index in [0.29, 0.717) is 19.6 Å². The molecule has 0 bridgehead atoms. The molecule has 8 nitrogen and oxygen atoms in total. The third-order valence-corrected chi connectivity index (χ3v) is 6.36. The molecular weight excluding hydrogens is 421 g/mol. The maximum Gasteiger partial charge on any atom is 0.248 e. The molecule has 2 aromatic heterocycles. The van der Waals surface area contributed by atoms with Crippen molar-refractivity contribution in [2.24, 2.45) is 5.92 Å². The number of hydrogen-bond donors (Lipinski definition) is 2. The van der Waals surface area contributed by atoms with Gasteiger partial charge in [-0.05, 0) is 30.9 Å². The zero-order chi connectivity index (χ0) is 21.6. The maximum absolute atomic E-state index is 12.6. The molecule has 0 aromatic carbocycles. The molecule has 1 atom stereocenters. The van der Waals surface area contributed by atoms with E-state index >= 15 is 0 Å². The quantitative estimate of drug-likeness (QED) is 0.601. The van der Waals surface area contributed by atoms with Gasteiger partial charge in [-0.25, -0.2) is 14.4 Å². The van der Waals surface area contributed by atoms with Crippen molar-refractivity contribution in [1.82, 2.24) is 20.2 Å². The largest absolute Gasteiger partial charge is 0.370 e. The second-order valence-corrected chi connectivity index (χ2v) is 8.62. The lowest BCUT2D eigenvalue weighted by molar-refractivity contribution is -0.139. The second-order valence-electron chi connectivity index (χ2n) is 7.67. The van der Waals surface area contributed by atoms with Crippen molar-refractivity contribution in [2.45, 2.75) is 25.8 Å². The third-order valence-electron chi connectivity index (χ3n) is 5.51. The summed E-state index contributed by atoms with van der Waals surface area (Å²) in [4.78, 5) is 35.5. The van der Waals surface area contributed by atoms with Gasteiger partial charge in [0, 0.05) is 36.8 Å². The molecular formula is C21H26FN5O3S. The Hall–Kier alpha value is -2.59. The highest BCUT2D eigenvalue weighted by Crippen LogP contribution is 2.27. The lowest BCUT2D eigenvalue weighted by Gasteiger charge is -2.32. The molecule has 0 aliphatic carbocycles. The number of ether oxygens (including phenoxy) is 1. The van der Waals surface area contributed by atoms with Crippen LogP contribution in [0.1, 0.15) is 23.4 Å². The fourth-order valence-electron chi connectivity index (χ4n) is 3.87. The number of alkyl halides is 1. The van der Waals surface area contributed by atoms with E-state index in [1.807, 2.05) is 11.6 Å². The highest BCUT2D eigenvalue weighted by Gasteiger charge is 2.28. The number of hydrogen-bond acceptors (Lipinski definition) is 7. The van der Waals surface area contributed by atoms with Gasteiger partial charge in [0.25, 0.3) is 0 Å². The van der Waals surface area contributed by atoms with Crippen molar-refractivity contribution in [2.75, 3.05) is 44.8 Å². The summed E-state index contributed by atoms with van der Waals surface area (Å²) in [5.41, 5.74) is 3.04. The standard InChI is InChI=1S/C21H26FN5O3S/c22-4-7-30-12-19(28)27-6-1-2-15(11-27)21(29)25-10-18-26-17(13-31-18)16-8-14-3-5-23-20(14)24-9-16/h8-9,13,15H,1-7,10-12H2,(H,23,24)(H,25,29)/t15-/m0/s1. The topological polar surface area (TPSA) is 96.5 Å². The fourth-order valence-corrected chi connectivity index (χ4v) is 4.61. The minimum Gasteiger partial charge on any atom is -0.370 e. The molecule has 1 fully saturated rings. The zero-order valence-electron chi connectivity index (χ0n) is 17.2. The first kappa shape index (κ1) is 21.6. The van der Waals surface area contributed by atoms with Crippen LogP contribution < -0.4 is 10.6 Å². The Bertz CT molecular complexity index is 937. The Balaban J connectivity index is 1.28. The molecule has 10 heteroatoms. The summed E-state index contributed by atoms with van der Waals surface area (Å²) in [6.07, 6.45) is 4.28. The highest BCUT2D eigenvalue weighted by atomic mass is 32.1. The van der Waals surface area contributed by atoms with Gasteiger partial charge in [0.1, 0.15) is 24.1 Å². The van der Waals surface area contributed by atoms with Gasteiger partial charge in [0.2, 0.25) is 11.8 Å². The normalized spacial score (nSPS) is 17.8. The number of carbonyl (C=O) groups excluding carboxylic acids is 2. The molecule has 4 rings (SSSR count). The summed E-state index contributed by atoms with van der Waals surface area (Å²) in [6, 6.07) is 2.12. The zero-order valence-corrected chi connectivity index (χ0v) is 18.0. The molecule has 31 heavy (non-hydrogen) atoms. The molecule has 2 aliphatic rings. The predicted octanol–water partition coefficient (Wildman–Crippen LogP) is 2.01. The van der Waals surface area contributed by atoms with Crippen LogP contribution in [-0.4, -0.2) is 66.2 Å². The highest BCUT2D eigenvalue weighted by molar-refractivity contribution is 7.09. The minimum atomic E-state index is -0.614. The Morgan fingerprint density at radius 3 is 3.19 bits per heavy atom. The van der Waals surface area contributed by atoms with Crippen molar-refractivity contribution in [1.29, 1.82) is 0 Å². The number of thiazole rings is 1. The van der Waals surface area contributed by atoms with E-state index in [9.17, 15) is 14.0 Å². The van der Waals surface area contributed by atoms with Gasteiger partial charge < -0.3 is 20.3 Å². The van der Waals surface area contributed by atoms with Gasteiger partial charge in [-0.3, -0.25) is 9.59 Å². The van der Waals surface area contributed by atoms with Gasteiger partial charge in [-0.2, -0.15) is 0 Å². The summed E-state index contributed by atoms with van der Waals surface area (Å²) >= 11 is 1.50. The van der Waals surface area contributed by atoms with Gasteiger partial charge in [-0.15, -0.1) is 11.3 Å². The summed E-state index contributed by atoms with van der Waals surface area (Å²) in [7, 11) is 0. The number of nitrogens with zero attached hydrogens (tertiary/aromatic N) is 3. The number of aromatic nitrogens is 2. The average molecular weight is 448 g/mol. The molecule has 2 amide bonds. The average Bonchev–Trinajstić information content (AvgIpc) is 3.46. The Labute approximate surface area is 184 Å². The fraction of sp³-hybridized carbons (Fsp3) is 0.524. The third kappa shape index (κ3) is 5.37. The molecule has 4 heterocycles. The maximum atomic E-state index is 12.6. The van der Waals surface area contributed by atoms with Crippen LogP contribution in [0.2, 0.25) is 0 Å². The van der Waals surface area contributed by atoms with Crippen LogP contribution in [0.25, 0.3) is 11.3 Å². The van der Waals surface area contributed by atoms with E-state index in [1.54, 1.807) is 4.90 Å². The van der Waals surface area contributed by atoms with Crippen LogP contribution in [0.5, 0.6) is 0 Å². The van der Waals surface area contributed by atoms with Crippen LogP contribution in [-0.2, 0) is 27.3 Å². The molecule has 2 aromatic rings. The first-order valence-corrected chi connectivity index (χ1v) is 11.4. The number of likely N-dealkylation sites (tertiary alicyclic amines) is 1. The lowest BCUT2D eigenvalue weighted by atomic mass is 9.97. The van der Waals surface area contributed by atoms with Crippen molar-refractivity contribution in [3.8, 4) is 11.3 Å². The van der Waals surface area contributed by atoms with E-state index < -0.39 is 6.67 Å². The number of carbonyl (C=O) groups is 2. The van der Waals surface area contributed by atoms with Crippen LogP contribution >= 0.6 is 11.3 Å². The van der Waals surface area contributed by atoms with E-state index in [-0.39, 0.29) is 30.9 Å². The molecule has 2 aliphatic heterocycles. The second kappa shape index (κ2) is 10.1. The van der Waals surface area contributed by atoms with Crippen LogP contribution in [0.15, 0.2) is 17.6 Å². The minimum absolute atomic E-state index is 0.0794. The number of amides is 2. The van der Waals surface area contributed by atoms with Gasteiger partial charge >= 0.3 is 0 Å². The van der Waals surface area contributed by atoms with E-state index in [0.717, 1.165) is 47.9 Å². The van der Waals surface area contributed by atoms with Gasteiger partial charge in [0.05, 0.1) is 24.8 Å². The van der Waals surface area contributed by atoms with Crippen molar-refractivity contribution >= 4 is 29.0 Å². The number of pyridine rings is 1. The number of rotatable bonds is 8. The van der Waals surface area contributed by atoms with Crippen molar-refractivity contribution < 1.29 is 18.7 Å². The molecule has 0 unspecified atom stereocenters. The van der Waals surface area contributed by atoms with Gasteiger partial charge in [-0.1, -0.05) is 0 Å². The Morgan fingerprint density at radius 1 is 1.42 bits per heavy atom. The smallest absolute Gasteiger partial charge is 0.248 e. The lowest BCUT2D eigenvalue weighted by Crippen LogP contribution is -2.46. The number of halogens is 1. The Morgan fingerprint density at radius 2 is 2.32 bits per heavy atom. The van der Waals surface area contributed by atoms with Crippen LogP contribution in [0.4, 0.5) is 10.2 Å². The summed E-state index contributed by atoms with van der Waals surface area (Å²) in [5.74, 6) is 0.407.